The van der Waals surface area contributed by atoms with E-state index in [4.69, 9.17) is 9.40 Å². The van der Waals surface area contributed by atoms with E-state index >= 15 is 0 Å². The van der Waals surface area contributed by atoms with Gasteiger partial charge in [0, 0.05) is 11.9 Å². The van der Waals surface area contributed by atoms with E-state index in [0.717, 1.165) is 36.1 Å². The molecular formula is C17H17N3O2. The first kappa shape index (κ1) is 13.3. The third kappa shape index (κ3) is 2.14. The predicted molar refractivity (Wildman–Crippen MR) is 84.7 cm³/mol. The van der Waals surface area contributed by atoms with Gasteiger partial charge in [0.1, 0.15) is 5.82 Å². The molecule has 3 aromatic rings. The van der Waals surface area contributed by atoms with Crippen molar-refractivity contribution in [3.8, 4) is 11.6 Å². The number of anilines is 1. The van der Waals surface area contributed by atoms with Crippen LogP contribution in [0.25, 0.3) is 22.5 Å². The Morgan fingerprint density at radius 2 is 2.09 bits per heavy atom. The van der Waals surface area contributed by atoms with E-state index in [2.05, 4.69) is 9.88 Å². The monoisotopic (exact) mass is 295 g/mol. The van der Waals surface area contributed by atoms with E-state index in [-0.39, 0.29) is 12.6 Å². The molecule has 0 amide bonds. The van der Waals surface area contributed by atoms with Gasteiger partial charge in [-0.05, 0) is 37.1 Å². The second-order valence-corrected chi connectivity index (χ2v) is 5.54. The third-order valence-electron chi connectivity index (χ3n) is 4.18. The number of nitrogens with zero attached hydrogens (tertiary/aromatic N) is 3. The minimum Gasteiger partial charge on any atom is -0.461 e. The fraction of sp³-hybridized carbons (Fsp3) is 0.294. The van der Waals surface area contributed by atoms with E-state index in [1.165, 1.54) is 0 Å². The minimum atomic E-state index is 0.128. The summed E-state index contributed by atoms with van der Waals surface area (Å²) >= 11 is 0. The largest absolute Gasteiger partial charge is 0.461 e. The average Bonchev–Trinajstić information content (AvgIpc) is 3.25. The molecule has 0 aliphatic carbocycles. The van der Waals surface area contributed by atoms with Crippen molar-refractivity contribution in [2.75, 3.05) is 18.1 Å². The van der Waals surface area contributed by atoms with Gasteiger partial charge < -0.3 is 14.4 Å². The summed E-state index contributed by atoms with van der Waals surface area (Å²) < 4.78 is 5.45. The van der Waals surface area contributed by atoms with Gasteiger partial charge in [0.15, 0.2) is 11.6 Å². The molecule has 0 spiro atoms. The van der Waals surface area contributed by atoms with Gasteiger partial charge in [-0.15, -0.1) is 0 Å². The molecule has 1 aromatic carbocycles. The minimum absolute atomic E-state index is 0.128. The molecule has 2 aromatic heterocycles. The van der Waals surface area contributed by atoms with Crippen molar-refractivity contribution < 1.29 is 9.52 Å². The molecular weight excluding hydrogens is 278 g/mol. The normalized spacial score (nSPS) is 18.2. The Morgan fingerprint density at radius 1 is 1.18 bits per heavy atom. The van der Waals surface area contributed by atoms with Gasteiger partial charge in [-0.3, -0.25) is 0 Å². The first-order chi connectivity index (χ1) is 10.9. The highest BCUT2D eigenvalue weighted by atomic mass is 16.3. The van der Waals surface area contributed by atoms with Crippen molar-refractivity contribution >= 4 is 16.7 Å². The highest BCUT2D eigenvalue weighted by Gasteiger charge is 2.27. The van der Waals surface area contributed by atoms with Crippen LogP contribution in [-0.2, 0) is 0 Å². The summed E-state index contributed by atoms with van der Waals surface area (Å²) in [7, 11) is 0. The lowest BCUT2D eigenvalue weighted by atomic mass is 10.2. The lowest BCUT2D eigenvalue weighted by Gasteiger charge is -2.25. The summed E-state index contributed by atoms with van der Waals surface area (Å²) in [6.45, 7) is 1.05. The maximum Gasteiger partial charge on any atom is 0.198 e. The van der Waals surface area contributed by atoms with Crippen molar-refractivity contribution in [1.29, 1.82) is 0 Å². The molecule has 0 saturated carbocycles. The number of aromatic nitrogens is 2. The molecule has 1 aliphatic heterocycles. The van der Waals surface area contributed by atoms with Gasteiger partial charge in [-0.1, -0.05) is 12.1 Å². The van der Waals surface area contributed by atoms with E-state index in [0.29, 0.717) is 11.6 Å². The number of benzene rings is 1. The molecule has 0 bridgehead atoms. The molecule has 0 radical (unpaired) electrons. The Hall–Kier alpha value is -2.40. The van der Waals surface area contributed by atoms with E-state index in [9.17, 15) is 5.11 Å². The van der Waals surface area contributed by atoms with Crippen LogP contribution < -0.4 is 4.90 Å². The number of fused-ring (bicyclic) bond motifs is 1. The Labute approximate surface area is 128 Å². The number of aliphatic hydroxyl groups excluding tert-OH is 1. The van der Waals surface area contributed by atoms with Crippen molar-refractivity contribution in [2.45, 2.75) is 18.9 Å². The molecule has 3 heterocycles. The van der Waals surface area contributed by atoms with Gasteiger partial charge in [-0.25, -0.2) is 9.97 Å². The SMILES string of the molecule is OC[C@@H]1CCCN1c1nc(-c2ccco2)nc2ccccc12. The van der Waals surface area contributed by atoms with Crippen LogP contribution in [0.2, 0.25) is 0 Å². The molecule has 112 valence electrons. The summed E-state index contributed by atoms with van der Waals surface area (Å²) in [5.74, 6) is 2.13. The number of hydrogen-bond acceptors (Lipinski definition) is 5. The number of hydrogen-bond donors (Lipinski definition) is 1. The molecule has 1 atom stereocenters. The standard InChI is InChI=1S/C17H17N3O2/c21-11-12-5-3-9-20(12)17-13-6-1-2-7-14(13)18-16(19-17)15-8-4-10-22-15/h1-2,4,6-8,10,12,21H,3,5,9,11H2/t12-/m0/s1. The van der Waals surface area contributed by atoms with Crippen LogP contribution in [0.4, 0.5) is 5.82 Å². The highest BCUT2D eigenvalue weighted by molar-refractivity contribution is 5.91. The maximum atomic E-state index is 9.62. The average molecular weight is 295 g/mol. The first-order valence-corrected chi connectivity index (χ1v) is 7.55. The van der Waals surface area contributed by atoms with E-state index < -0.39 is 0 Å². The van der Waals surface area contributed by atoms with Crippen molar-refractivity contribution in [2.24, 2.45) is 0 Å². The summed E-state index contributed by atoms with van der Waals surface area (Å²) in [4.78, 5) is 11.5. The van der Waals surface area contributed by atoms with E-state index in [1.54, 1.807) is 6.26 Å². The van der Waals surface area contributed by atoms with Gasteiger partial charge in [0.2, 0.25) is 0 Å². The number of aliphatic hydroxyl groups is 1. The molecule has 1 saturated heterocycles. The predicted octanol–water partition coefficient (Wildman–Crippen LogP) is 2.85. The maximum absolute atomic E-state index is 9.62. The molecule has 5 heteroatoms. The quantitative estimate of drug-likeness (QED) is 0.805. The first-order valence-electron chi connectivity index (χ1n) is 7.55. The summed E-state index contributed by atoms with van der Waals surface area (Å²) in [5, 5.41) is 10.6. The summed E-state index contributed by atoms with van der Waals surface area (Å²) in [6.07, 6.45) is 3.69. The summed E-state index contributed by atoms with van der Waals surface area (Å²) in [5.41, 5.74) is 0.891. The van der Waals surface area contributed by atoms with Gasteiger partial charge in [0.25, 0.3) is 0 Å². The van der Waals surface area contributed by atoms with Gasteiger partial charge in [-0.2, -0.15) is 0 Å². The highest BCUT2D eigenvalue weighted by Crippen LogP contribution is 2.32. The second-order valence-electron chi connectivity index (χ2n) is 5.54. The lowest BCUT2D eigenvalue weighted by Crippen LogP contribution is -2.33. The lowest BCUT2D eigenvalue weighted by molar-refractivity contribution is 0.266. The Balaban J connectivity index is 1.91. The Bertz CT molecular complexity index is 786. The molecule has 4 rings (SSSR count). The van der Waals surface area contributed by atoms with Crippen LogP contribution in [0, 0.1) is 0 Å². The van der Waals surface area contributed by atoms with Gasteiger partial charge >= 0.3 is 0 Å². The molecule has 1 N–H and O–H groups in total. The van der Waals surface area contributed by atoms with E-state index in [1.807, 2.05) is 36.4 Å². The van der Waals surface area contributed by atoms with Crippen LogP contribution in [0.3, 0.4) is 0 Å². The fourth-order valence-corrected chi connectivity index (χ4v) is 3.10. The van der Waals surface area contributed by atoms with Crippen LogP contribution in [0.15, 0.2) is 47.1 Å². The zero-order chi connectivity index (χ0) is 14.9. The zero-order valence-electron chi connectivity index (χ0n) is 12.1. The number of furan rings is 1. The van der Waals surface area contributed by atoms with Crippen LogP contribution in [0.5, 0.6) is 0 Å². The fourth-order valence-electron chi connectivity index (χ4n) is 3.10. The van der Waals surface area contributed by atoms with Crippen molar-refractivity contribution in [3.63, 3.8) is 0 Å². The van der Waals surface area contributed by atoms with Crippen molar-refractivity contribution in [1.82, 2.24) is 9.97 Å². The zero-order valence-corrected chi connectivity index (χ0v) is 12.1. The van der Waals surface area contributed by atoms with Crippen molar-refractivity contribution in [3.05, 3.63) is 42.7 Å². The second kappa shape index (κ2) is 5.42. The smallest absolute Gasteiger partial charge is 0.198 e. The summed E-state index contributed by atoms with van der Waals surface area (Å²) in [6, 6.07) is 11.8. The number of para-hydroxylation sites is 1. The van der Waals surface area contributed by atoms with Crippen LogP contribution >= 0.6 is 0 Å². The third-order valence-corrected chi connectivity index (χ3v) is 4.18. The Morgan fingerprint density at radius 3 is 2.91 bits per heavy atom. The number of rotatable bonds is 3. The van der Waals surface area contributed by atoms with Crippen LogP contribution in [0.1, 0.15) is 12.8 Å². The molecule has 1 fully saturated rings. The van der Waals surface area contributed by atoms with Crippen LogP contribution in [-0.4, -0.2) is 34.3 Å². The topological polar surface area (TPSA) is 62.4 Å². The molecule has 5 nitrogen and oxygen atoms in total. The molecule has 1 aliphatic rings. The molecule has 0 unspecified atom stereocenters. The molecule has 22 heavy (non-hydrogen) atoms. The van der Waals surface area contributed by atoms with Gasteiger partial charge in [0.05, 0.1) is 24.4 Å². The Kier molecular flexibility index (Phi) is 3.27.